The summed E-state index contributed by atoms with van der Waals surface area (Å²) in [5.41, 5.74) is 5.05. The van der Waals surface area contributed by atoms with Crippen molar-refractivity contribution in [2.24, 2.45) is 11.7 Å². The average molecular weight is 217 g/mol. The van der Waals surface area contributed by atoms with Crippen LogP contribution in [-0.4, -0.2) is 23.6 Å². The molecule has 4 N–H and O–H groups in total. The number of hydrogen-bond acceptors (Lipinski definition) is 2. The molecule has 0 aromatic heterocycles. The minimum Gasteiger partial charge on any atom is -0.370 e. The van der Waals surface area contributed by atoms with Gasteiger partial charge >= 0.3 is 0 Å². The van der Waals surface area contributed by atoms with E-state index in [1.807, 2.05) is 6.92 Å². The zero-order valence-electron chi connectivity index (χ0n) is 8.96. The lowest BCUT2D eigenvalue weighted by Gasteiger charge is -2.16. The summed E-state index contributed by atoms with van der Waals surface area (Å²) in [4.78, 5) is 10.6. The van der Waals surface area contributed by atoms with Crippen LogP contribution < -0.4 is 16.4 Å². The summed E-state index contributed by atoms with van der Waals surface area (Å²) in [7, 11) is 0. The fourth-order valence-corrected chi connectivity index (χ4v) is 1.21. The maximum Gasteiger partial charge on any atom is 0.219 e. The zero-order valence-corrected chi connectivity index (χ0v) is 9.78. The number of hydrogen-bond donors (Lipinski definition) is 3. The summed E-state index contributed by atoms with van der Waals surface area (Å²) in [6.07, 6.45) is 0.295. The van der Waals surface area contributed by atoms with E-state index in [0.29, 0.717) is 17.5 Å². The lowest BCUT2D eigenvalue weighted by atomic mass is 10.2. The minimum atomic E-state index is -0.323. The fourth-order valence-electron chi connectivity index (χ4n) is 0.924. The molecule has 0 aliphatic rings. The SMILES string of the molecule is CC(C)CNC(=S)NC(C)CC(N)=O. The Balaban J connectivity index is 3.66. The van der Waals surface area contributed by atoms with Gasteiger partial charge in [-0.2, -0.15) is 0 Å². The number of rotatable bonds is 5. The third-order valence-corrected chi connectivity index (χ3v) is 1.82. The molecule has 0 bridgehead atoms. The second-order valence-electron chi connectivity index (χ2n) is 3.82. The summed E-state index contributed by atoms with van der Waals surface area (Å²) in [6.45, 7) is 6.90. The Morgan fingerprint density at radius 1 is 1.43 bits per heavy atom. The molecule has 0 aliphatic heterocycles. The van der Waals surface area contributed by atoms with E-state index in [1.165, 1.54) is 0 Å². The first-order valence-corrected chi connectivity index (χ1v) is 5.15. The third kappa shape index (κ3) is 7.79. The van der Waals surface area contributed by atoms with E-state index in [-0.39, 0.29) is 11.9 Å². The highest BCUT2D eigenvalue weighted by Gasteiger charge is 2.06. The lowest BCUT2D eigenvalue weighted by molar-refractivity contribution is -0.118. The van der Waals surface area contributed by atoms with Gasteiger partial charge in [0.05, 0.1) is 0 Å². The molecule has 0 aromatic carbocycles. The normalized spacial score (nSPS) is 12.3. The maximum atomic E-state index is 10.6. The van der Waals surface area contributed by atoms with Gasteiger partial charge in [0.25, 0.3) is 0 Å². The largest absolute Gasteiger partial charge is 0.370 e. The number of primary amides is 1. The number of nitrogens with one attached hydrogen (secondary N) is 2. The van der Waals surface area contributed by atoms with E-state index in [4.69, 9.17) is 18.0 Å². The Morgan fingerprint density at radius 3 is 2.43 bits per heavy atom. The van der Waals surface area contributed by atoms with Crippen LogP contribution in [0.2, 0.25) is 0 Å². The number of amides is 1. The highest BCUT2D eigenvalue weighted by molar-refractivity contribution is 7.80. The molecule has 0 aromatic rings. The summed E-state index contributed by atoms with van der Waals surface area (Å²) >= 11 is 5.03. The standard InChI is InChI=1S/C9H19N3OS/c1-6(2)5-11-9(14)12-7(3)4-8(10)13/h6-7H,4-5H2,1-3H3,(H2,10,13)(H2,11,12,14). The van der Waals surface area contributed by atoms with Crippen molar-refractivity contribution >= 4 is 23.2 Å². The molecule has 0 rings (SSSR count). The van der Waals surface area contributed by atoms with Crippen molar-refractivity contribution in [3.05, 3.63) is 0 Å². The van der Waals surface area contributed by atoms with Crippen LogP contribution in [0, 0.1) is 5.92 Å². The molecule has 0 fully saturated rings. The predicted octanol–water partition coefficient (Wildman–Crippen LogP) is 0.370. The molecule has 5 heteroatoms. The number of thiocarbonyl (C=S) groups is 1. The molecule has 1 amide bonds. The summed E-state index contributed by atoms with van der Waals surface area (Å²) in [5, 5.41) is 6.62. The predicted molar refractivity (Wildman–Crippen MR) is 61.8 cm³/mol. The molecule has 0 aliphatic carbocycles. The van der Waals surface area contributed by atoms with Crippen LogP contribution in [0.25, 0.3) is 0 Å². The molecule has 0 heterocycles. The molecule has 4 nitrogen and oxygen atoms in total. The molecule has 0 saturated heterocycles. The zero-order chi connectivity index (χ0) is 11.1. The van der Waals surface area contributed by atoms with E-state index >= 15 is 0 Å². The lowest BCUT2D eigenvalue weighted by Crippen LogP contribution is -2.43. The van der Waals surface area contributed by atoms with Crippen molar-refractivity contribution < 1.29 is 4.79 Å². The Hall–Kier alpha value is -0.840. The van der Waals surface area contributed by atoms with Crippen LogP contribution in [0.3, 0.4) is 0 Å². The fraction of sp³-hybridized carbons (Fsp3) is 0.778. The van der Waals surface area contributed by atoms with Crippen molar-refractivity contribution in [1.29, 1.82) is 0 Å². The molecule has 1 atom stereocenters. The number of nitrogens with two attached hydrogens (primary N) is 1. The summed E-state index contributed by atoms with van der Waals surface area (Å²) in [5.74, 6) is 0.220. The highest BCUT2D eigenvalue weighted by Crippen LogP contribution is 1.90. The molecular formula is C9H19N3OS. The van der Waals surface area contributed by atoms with E-state index in [2.05, 4.69) is 24.5 Å². The highest BCUT2D eigenvalue weighted by atomic mass is 32.1. The third-order valence-electron chi connectivity index (χ3n) is 1.56. The molecule has 0 spiro atoms. The first kappa shape index (κ1) is 13.2. The molecule has 82 valence electrons. The topological polar surface area (TPSA) is 67.2 Å². The van der Waals surface area contributed by atoms with Gasteiger partial charge in [0.1, 0.15) is 0 Å². The van der Waals surface area contributed by atoms with Crippen LogP contribution in [0.15, 0.2) is 0 Å². The van der Waals surface area contributed by atoms with Crippen molar-refractivity contribution in [2.75, 3.05) is 6.54 Å². The first-order chi connectivity index (χ1) is 6.41. The van der Waals surface area contributed by atoms with E-state index in [0.717, 1.165) is 6.54 Å². The van der Waals surface area contributed by atoms with Gasteiger partial charge in [0.2, 0.25) is 5.91 Å². The number of carbonyl (C=O) groups excluding carboxylic acids is 1. The first-order valence-electron chi connectivity index (χ1n) is 4.74. The minimum absolute atomic E-state index is 0.0142. The average Bonchev–Trinajstić information content (AvgIpc) is 1.98. The quantitative estimate of drug-likeness (QED) is 0.582. The van der Waals surface area contributed by atoms with Crippen LogP contribution in [0.5, 0.6) is 0 Å². The van der Waals surface area contributed by atoms with Gasteiger partial charge in [-0.1, -0.05) is 13.8 Å². The van der Waals surface area contributed by atoms with E-state index < -0.39 is 0 Å². The van der Waals surface area contributed by atoms with Crippen LogP contribution >= 0.6 is 12.2 Å². The van der Waals surface area contributed by atoms with Crippen LogP contribution in [0.4, 0.5) is 0 Å². The molecular weight excluding hydrogens is 198 g/mol. The Morgan fingerprint density at radius 2 is 2.00 bits per heavy atom. The monoisotopic (exact) mass is 217 g/mol. The van der Waals surface area contributed by atoms with Gasteiger partial charge in [0, 0.05) is 19.0 Å². The van der Waals surface area contributed by atoms with Crippen LogP contribution in [0.1, 0.15) is 27.2 Å². The smallest absolute Gasteiger partial charge is 0.219 e. The van der Waals surface area contributed by atoms with Gasteiger partial charge in [-0.3, -0.25) is 4.79 Å². The second-order valence-corrected chi connectivity index (χ2v) is 4.23. The van der Waals surface area contributed by atoms with Gasteiger partial charge in [-0.05, 0) is 25.1 Å². The maximum absolute atomic E-state index is 10.6. The van der Waals surface area contributed by atoms with Gasteiger partial charge < -0.3 is 16.4 Å². The Labute approximate surface area is 90.6 Å². The van der Waals surface area contributed by atoms with Gasteiger partial charge in [0.15, 0.2) is 5.11 Å². The van der Waals surface area contributed by atoms with E-state index in [9.17, 15) is 4.79 Å². The summed E-state index contributed by atoms with van der Waals surface area (Å²) in [6, 6.07) is -0.0142. The Bertz CT molecular complexity index is 206. The molecule has 14 heavy (non-hydrogen) atoms. The van der Waals surface area contributed by atoms with Crippen molar-refractivity contribution in [3.63, 3.8) is 0 Å². The van der Waals surface area contributed by atoms with Crippen molar-refractivity contribution in [2.45, 2.75) is 33.2 Å². The summed E-state index contributed by atoms with van der Waals surface area (Å²) < 4.78 is 0. The van der Waals surface area contributed by atoms with Gasteiger partial charge in [-0.15, -0.1) is 0 Å². The Kier molecular flexibility index (Phi) is 6.19. The van der Waals surface area contributed by atoms with E-state index in [1.54, 1.807) is 0 Å². The number of carbonyl (C=O) groups is 1. The second kappa shape index (κ2) is 6.59. The molecule has 1 unspecified atom stereocenters. The van der Waals surface area contributed by atoms with Crippen molar-refractivity contribution in [1.82, 2.24) is 10.6 Å². The molecule has 0 radical (unpaired) electrons. The van der Waals surface area contributed by atoms with Gasteiger partial charge in [-0.25, -0.2) is 0 Å². The van der Waals surface area contributed by atoms with Crippen LogP contribution in [-0.2, 0) is 4.79 Å². The molecule has 0 saturated carbocycles. The van der Waals surface area contributed by atoms with Crippen molar-refractivity contribution in [3.8, 4) is 0 Å².